The highest BCUT2D eigenvalue weighted by Crippen LogP contribution is 2.28. The molecule has 2 N–H and O–H groups in total. The lowest BCUT2D eigenvalue weighted by atomic mass is 10.0. The molecule has 2 aromatic carbocycles. The van der Waals surface area contributed by atoms with E-state index in [-0.39, 0.29) is 29.3 Å². The predicted octanol–water partition coefficient (Wildman–Crippen LogP) is 3.13. The Hall–Kier alpha value is -3.48. The van der Waals surface area contributed by atoms with E-state index in [4.69, 9.17) is 13.9 Å². The molecule has 27 heavy (non-hydrogen) atoms. The van der Waals surface area contributed by atoms with Crippen molar-refractivity contribution in [3.8, 4) is 17.2 Å². The van der Waals surface area contributed by atoms with Crippen molar-refractivity contribution in [3.05, 3.63) is 63.5 Å². The number of benzene rings is 2. The van der Waals surface area contributed by atoms with Gasteiger partial charge in [-0.25, -0.2) is 9.59 Å². The SMILES string of the molecule is CCc1cc2c(COC(=O)c3ccc(OC)cc3O)cc(=O)oc2cc1O. The van der Waals surface area contributed by atoms with Crippen molar-refractivity contribution < 1.29 is 28.9 Å². The zero-order chi connectivity index (χ0) is 19.6. The summed E-state index contributed by atoms with van der Waals surface area (Å²) in [7, 11) is 1.45. The standard InChI is InChI=1S/C20H18O7/c1-3-11-6-15-12(7-19(23)27-18(15)9-16(11)21)10-26-20(24)14-5-4-13(25-2)8-17(14)22/h4-9,21-22H,3,10H2,1-2H3. The Morgan fingerprint density at radius 1 is 1.07 bits per heavy atom. The van der Waals surface area contributed by atoms with Crippen LogP contribution in [0, 0.1) is 0 Å². The minimum absolute atomic E-state index is 0.0186. The quantitative estimate of drug-likeness (QED) is 0.525. The summed E-state index contributed by atoms with van der Waals surface area (Å²) in [6, 6.07) is 8.53. The number of carbonyl (C=O) groups excluding carboxylic acids is 1. The first-order valence-corrected chi connectivity index (χ1v) is 8.25. The number of phenols is 2. The van der Waals surface area contributed by atoms with Crippen molar-refractivity contribution in [2.75, 3.05) is 7.11 Å². The highest BCUT2D eigenvalue weighted by atomic mass is 16.5. The number of hydrogen-bond donors (Lipinski definition) is 2. The Morgan fingerprint density at radius 2 is 1.85 bits per heavy atom. The molecule has 1 heterocycles. The van der Waals surface area contributed by atoms with Crippen LogP contribution in [0.15, 0.2) is 45.6 Å². The monoisotopic (exact) mass is 370 g/mol. The van der Waals surface area contributed by atoms with Gasteiger partial charge in [-0.15, -0.1) is 0 Å². The van der Waals surface area contributed by atoms with Gasteiger partial charge in [-0.3, -0.25) is 0 Å². The van der Waals surface area contributed by atoms with Gasteiger partial charge in [0.1, 0.15) is 35.0 Å². The fourth-order valence-electron chi connectivity index (χ4n) is 2.74. The first-order chi connectivity index (χ1) is 12.9. The summed E-state index contributed by atoms with van der Waals surface area (Å²) in [5.41, 5.74) is 0.684. The number of aromatic hydroxyl groups is 2. The third kappa shape index (κ3) is 3.72. The Balaban J connectivity index is 1.90. The zero-order valence-corrected chi connectivity index (χ0v) is 14.8. The van der Waals surface area contributed by atoms with Gasteiger partial charge in [-0.1, -0.05) is 6.92 Å². The van der Waals surface area contributed by atoms with Gasteiger partial charge in [-0.2, -0.15) is 0 Å². The second kappa shape index (κ2) is 7.41. The third-order valence-electron chi connectivity index (χ3n) is 4.19. The fourth-order valence-corrected chi connectivity index (χ4v) is 2.74. The number of aryl methyl sites for hydroxylation is 1. The first kappa shape index (κ1) is 18.3. The van der Waals surface area contributed by atoms with Crippen LogP contribution in [0.4, 0.5) is 0 Å². The smallest absolute Gasteiger partial charge is 0.342 e. The maximum absolute atomic E-state index is 12.3. The molecule has 1 aromatic heterocycles. The van der Waals surface area contributed by atoms with Gasteiger partial charge in [0.05, 0.1) is 7.11 Å². The Bertz CT molecular complexity index is 1070. The van der Waals surface area contributed by atoms with Crippen molar-refractivity contribution in [1.82, 2.24) is 0 Å². The van der Waals surface area contributed by atoms with Crippen LogP contribution in [0.3, 0.4) is 0 Å². The average molecular weight is 370 g/mol. The molecule has 0 unspecified atom stereocenters. The number of rotatable bonds is 5. The summed E-state index contributed by atoms with van der Waals surface area (Å²) in [5.74, 6) is -0.575. The Morgan fingerprint density at radius 3 is 2.52 bits per heavy atom. The molecule has 0 aliphatic heterocycles. The zero-order valence-electron chi connectivity index (χ0n) is 14.8. The maximum atomic E-state index is 12.3. The van der Waals surface area contributed by atoms with E-state index < -0.39 is 11.6 Å². The van der Waals surface area contributed by atoms with Crippen LogP contribution in [-0.2, 0) is 17.8 Å². The van der Waals surface area contributed by atoms with E-state index in [1.54, 1.807) is 6.07 Å². The molecule has 0 radical (unpaired) electrons. The molecule has 0 amide bonds. The summed E-state index contributed by atoms with van der Waals surface area (Å²) in [6.07, 6.45) is 0.583. The van der Waals surface area contributed by atoms with Gasteiger partial charge < -0.3 is 24.1 Å². The van der Waals surface area contributed by atoms with Gasteiger partial charge in [0.15, 0.2) is 0 Å². The van der Waals surface area contributed by atoms with E-state index in [9.17, 15) is 19.8 Å². The summed E-state index contributed by atoms with van der Waals surface area (Å²) < 4.78 is 15.3. The number of phenolic OH excluding ortho intramolecular Hbond substituents is 2. The third-order valence-corrected chi connectivity index (χ3v) is 4.19. The van der Waals surface area contributed by atoms with E-state index in [2.05, 4.69) is 0 Å². The summed E-state index contributed by atoms with van der Waals surface area (Å²) in [6.45, 7) is 1.69. The molecule has 0 bridgehead atoms. The number of hydrogen-bond acceptors (Lipinski definition) is 7. The van der Waals surface area contributed by atoms with Crippen LogP contribution in [0.1, 0.15) is 28.4 Å². The first-order valence-electron chi connectivity index (χ1n) is 8.25. The van der Waals surface area contributed by atoms with E-state index >= 15 is 0 Å². The number of carbonyl (C=O) groups is 1. The van der Waals surface area contributed by atoms with Gasteiger partial charge in [0.25, 0.3) is 0 Å². The van der Waals surface area contributed by atoms with E-state index in [1.807, 2.05) is 6.92 Å². The average Bonchev–Trinajstić information content (AvgIpc) is 2.65. The van der Waals surface area contributed by atoms with E-state index in [0.717, 1.165) is 0 Å². The number of methoxy groups -OCH3 is 1. The van der Waals surface area contributed by atoms with Gasteiger partial charge in [-0.05, 0) is 30.2 Å². The van der Waals surface area contributed by atoms with Crippen molar-refractivity contribution in [2.24, 2.45) is 0 Å². The normalized spacial score (nSPS) is 10.7. The second-order valence-corrected chi connectivity index (χ2v) is 5.88. The lowest BCUT2D eigenvalue weighted by Crippen LogP contribution is -2.08. The van der Waals surface area contributed by atoms with Crippen LogP contribution in [0.2, 0.25) is 0 Å². The number of fused-ring (bicyclic) bond motifs is 1. The van der Waals surface area contributed by atoms with Crippen LogP contribution in [0.25, 0.3) is 11.0 Å². The van der Waals surface area contributed by atoms with Crippen LogP contribution in [-0.4, -0.2) is 23.3 Å². The Kier molecular flexibility index (Phi) is 5.03. The molecular weight excluding hydrogens is 352 g/mol. The summed E-state index contributed by atoms with van der Waals surface area (Å²) in [4.78, 5) is 24.0. The molecule has 0 saturated carbocycles. The molecule has 7 heteroatoms. The largest absolute Gasteiger partial charge is 0.508 e. The van der Waals surface area contributed by atoms with E-state index in [0.29, 0.717) is 28.7 Å². The fraction of sp³-hybridized carbons (Fsp3) is 0.200. The number of ether oxygens (including phenoxy) is 2. The van der Waals surface area contributed by atoms with Crippen LogP contribution < -0.4 is 10.4 Å². The van der Waals surface area contributed by atoms with Gasteiger partial charge in [0.2, 0.25) is 0 Å². The van der Waals surface area contributed by atoms with Crippen molar-refractivity contribution >= 4 is 16.9 Å². The molecule has 7 nitrogen and oxygen atoms in total. The predicted molar refractivity (Wildman–Crippen MR) is 97.3 cm³/mol. The Labute approximate surface area is 154 Å². The van der Waals surface area contributed by atoms with Crippen LogP contribution >= 0.6 is 0 Å². The highest BCUT2D eigenvalue weighted by molar-refractivity contribution is 5.93. The van der Waals surface area contributed by atoms with Crippen molar-refractivity contribution in [3.63, 3.8) is 0 Å². The topological polar surface area (TPSA) is 106 Å². The molecule has 3 aromatic rings. The lowest BCUT2D eigenvalue weighted by Gasteiger charge is -2.10. The number of esters is 1. The molecule has 0 spiro atoms. The van der Waals surface area contributed by atoms with Crippen LogP contribution in [0.5, 0.6) is 17.2 Å². The lowest BCUT2D eigenvalue weighted by molar-refractivity contribution is 0.0470. The summed E-state index contributed by atoms with van der Waals surface area (Å²) >= 11 is 0. The molecule has 0 aliphatic rings. The molecular formula is C20H18O7. The molecule has 0 fully saturated rings. The highest BCUT2D eigenvalue weighted by Gasteiger charge is 2.16. The summed E-state index contributed by atoms with van der Waals surface area (Å²) in [5, 5.41) is 20.4. The maximum Gasteiger partial charge on any atom is 0.342 e. The van der Waals surface area contributed by atoms with Crippen molar-refractivity contribution in [2.45, 2.75) is 20.0 Å². The molecule has 140 valence electrons. The van der Waals surface area contributed by atoms with Gasteiger partial charge >= 0.3 is 11.6 Å². The van der Waals surface area contributed by atoms with Crippen molar-refractivity contribution in [1.29, 1.82) is 0 Å². The second-order valence-electron chi connectivity index (χ2n) is 5.88. The molecule has 0 aliphatic carbocycles. The van der Waals surface area contributed by atoms with Gasteiger partial charge in [0, 0.05) is 29.1 Å². The molecule has 0 atom stereocenters. The molecule has 0 saturated heterocycles. The minimum Gasteiger partial charge on any atom is -0.508 e. The van der Waals surface area contributed by atoms with E-state index in [1.165, 1.54) is 37.4 Å². The molecule has 3 rings (SSSR count). The minimum atomic E-state index is -0.744.